The Morgan fingerprint density at radius 3 is 2.75 bits per heavy atom. The zero-order valence-corrected chi connectivity index (χ0v) is 7.47. The van der Waals surface area contributed by atoms with Gasteiger partial charge in [-0.25, -0.2) is 0 Å². The molecule has 0 radical (unpaired) electrons. The number of rotatable bonds is 0. The number of imide groups is 1. The van der Waals surface area contributed by atoms with Gasteiger partial charge in [0.1, 0.15) is 0 Å². The monoisotopic (exact) mass is 173 g/mol. The lowest BCUT2D eigenvalue weighted by Crippen LogP contribution is -2.45. The lowest BCUT2D eigenvalue weighted by molar-refractivity contribution is -0.139. The molecule has 1 fully saturated rings. The topological polar surface area (TPSA) is 46.2 Å². The van der Waals surface area contributed by atoms with Crippen molar-refractivity contribution in [2.75, 3.05) is 0 Å². The van der Waals surface area contributed by atoms with Crippen LogP contribution in [0, 0.1) is 11.3 Å². The molecule has 0 aliphatic carbocycles. The second-order valence-electron chi connectivity index (χ2n) is 3.79. The van der Waals surface area contributed by atoms with Crippen molar-refractivity contribution in [1.82, 2.24) is 5.31 Å². The molecule has 68 valence electrons. The highest BCUT2D eigenvalue weighted by Crippen LogP contribution is 2.31. The molecule has 1 rings (SSSR count). The fraction of sp³-hybridized carbons (Fsp3) is 0.778. The standard InChI is InChI=1S/C9H15NO2/c1-9(2,3)6-4-5-7(11)10-8(6)12/h6H,4-5H2,1-3H3,(H,10,11,12)/i4D2,6D/hD. The summed E-state index contributed by atoms with van der Waals surface area (Å²) < 4.78 is 30.7. The Morgan fingerprint density at radius 1 is 1.67 bits per heavy atom. The van der Waals surface area contributed by atoms with Crippen LogP contribution in [-0.4, -0.2) is 11.8 Å². The number of nitrogens with one attached hydrogen (secondary N) is 1. The highest BCUT2D eigenvalue weighted by Gasteiger charge is 2.35. The molecule has 0 aromatic carbocycles. The SMILES string of the molecule is [2H]N1C(=O)CC([2H])([2H])C([2H])(C(C)(C)C)C1=O. The minimum atomic E-state index is -2.25. The van der Waals surface area contributed by atoms with Crippen molar-refractivity contribution >= 4 is 11.8 Å². The summed E-state index contributed by atoms with van der Waals surface area (Å²) in [5.74, 6) is -4.11. The van der Waals surface area contributed by atoms with Crippen LogP contribution in [0.2, 0.25) is 1.41 Å². The van der Waals surface area contributed by atoms with Crippen molar-refractivity contribution in [3.63, 3.8) is 0 Å². The maximum Gasteiger partial charge on any atom is 0.230 e. The minimum absolute atomic E-state index is 0.111. The molecule has 1 heterocycles. The second-order valence-corrected chi connectivity index (χ2v) is 3.79. The number of carbonyl (C=O) groups is 2. The van der Waals surface area contributed by atoms with Crippen molar-refractivity contribution in [2.24, 2.45) is 11.3 Å². The Hall–Kier alpha value is -0.860. The molecule has 0 bridgehead atoms. The Kier molecular flexibility index (Phi) is 1.20. The summed E-state index contributed by atoms with van der Waals surface area (Å²) in [6, 6.07) is 0. The number of amides is 2. The third-order valence-corrected chi connectivity index (χ3v) is 1.61. The van der Waals surface area contributed by atoms with Gasteiger partial charge in [0.05, 0.1) is 0 Å². The van der Waals surface area contributed by atoms with E-state index >= 15 is 0 Å². The van der Waals surface area contributed by atoms with Gasteiger partial charge in [0.15, 0.2) is 1.41 Å². The third-order valence-electron chi connectivity index (χ3n) is 1.61. The average Bonchev–Trinajstić information content (AvgIpc) is 2.09. The first-order valence-electron chi connectivity index (χ1n) is 5.76. The number of carbonyl (C=O) groups excluding carboxylic acids is 2. The molecule has 1 aliphatic heterocycles. The first-order valence-corrected chi connectivity index (χ1v) is 3.81. The van der Waals surface area contributed by atoms with Crippen LogP contribution in [0.25, 0.3) is 0 Å². The van der Waals surface area contributed by atoms with Crippen LogP contribution < -0.4 is 5.31 Å². The van der Waals surface area contributed by atoms with Crippen LogP contribution in [0.1, 0.15) is 37.7 Å². The smallest absolute Gasteiger partial charge is 0.230 e. The molecule has 1 saturated heterocycles. The van der Waals surface area contributed by atoms with Gasteiger partial charge in [-0.05, 0) is 11.8 Å². The minimum Gasteiger partial charge on any atom is -0.296 e. The van der Waals surface area contributed by atoms with Gasteiger partial charge in [-0.15, -0.1) is 0 Å². The largest absolute Gasteiger partial charge is 0.296 e. The summed E-state index contributed by atoms with van der Waals surface area (Å²) in [7, 11) is 0. The molecule has 0 aromatic heterocycles. The Balaban J connectivity index is 3.35. The molecule has 1 aliphatic rings. The molecule has 1 atom stereocenters. The molecule has 12 heavy (non-hydrogen) atoms. The van der Waals surface area contributed by atoms with E-state index in [-0.39, 0.29) is 5.31 Å². The molecular formula is C9H15NO2. The van der Waals surface area contributed by atoms with Gasteiger partial charge >= 0.3 is 0 Å². The maximum absolute atomic E-state index is 11.8. The van der Waals surface area contributed by atoms with Gasteiger partial charge in [0, 0.05) is 16.4 Å². The number of hydrogen-bond donors (Lipinski definition) is 1. The average molecular weight is 173 g/mol. The van der Waals surface area contributed by atoms with Crippen LogP contribution in [0.4, 0.5) is 0 Å². The fourth-order valence-electron chi connectivity index (χ4n) is 1.03. The Bertz CT molecular complexity index is 350. The van der Waals surface area contributed by atoms with E-state index in [0.29, 0.717) is 0 Å². The molecule has 0 aromatic rings. The van der Waals surface area contributed by atoms with Crippen molar-refractivity contribution in [1.29, 1.82) is 0 Å². The Morgan fingerprint density at radius 2 is 2.25 bits per heavy atom. The van der Waals surface area contributed by atoms with Gasteiger partial charge in [0.25, 0.3) is 0 Å². The molecule has 2 amide bonds. The molecule has 1 unspecified atom stereocenters. The molecule has 0 spiro atoms. The quantitative estimate of drug-likeness (QED) is 0.557. The predicted molar refractivity (Wildman–Crippen MR) is 45.3 cm³/mol. The summed E-state index contributed by atoms with van der Waals surface area (Å²) in [6.45, 7) is 4.66. The van der Waals surface area contributed by atoms with Crippen LogP contribution in [0.5, 0.6) is 0 Å². The van der Waals surface area contributed by atoms with Gasteiger partial charge in [-0.3, -0.25) is 14.9 Å². The van der Waals surface area contributed by atoms with E-state index in [1.165, 1.54) is 0 Å². The first-order chi connectivity index (χ1) is 6.95. The third kappa shape index (κ3) is 1.84. The van der Waals surface area contributed by atoms with Crippen molar-refractivity contribution < 1.29 is 15.1 Å². The van der Waals surface area contributed by atoms with Crippen LogP contribution >= 0.6 is 0 Å². The highest BCUT2D eigenvalue weighted by atomic mass is 16.2. The number of piperidine rings is 1. The van der Waals surface area contributed by atoms with Gasteiger partial charge in [-0.1, -0.05) is 20.8 Å². The summed E-state index contributed by atoms with van der Waals surface area (Å²) >= 11 is 0. The summed E-state index contributed by atoms with van der Waals surface area (Å²) in [6.07, 6.45) is -2.86. The van der Waals surface area contributed by atoms with E-state index in [2.05, 4.69) is 0 Å². The van der Waals surface area contributed by atoms with E-state index in [1.54, 1.807) is 20.8 Å². The Labute approximate surface area is 78.2 Å². The molecule has 0 saturated carbocycles. The lowest BCUT2D eigenvalue weighted by atomic mass is 9.76. The van der Waals surface area contributed by atoms with E-state index in [1.807, 2.05) is 0 Å². The zero-order valence-electron chi connectivity index (χ0n) is 11.5. The number of hydrogen-bond acceptors (Lipinski definition) is 2. The van der Waals surface area contributed by atoms with E-state index in [4.69, 9.17) is 5.52 Å². The normalized spacial score (nSPS) is 41.4. The molecular weight excluding hydrogens is 154 g/mol. The van der Waals surface area contributed by atoms with Crippen LogP contribution in [-0.2, 0) is 9.59 Å². The second kappa shape index (κ2) is 2.88. The van der Waals surface area contributed by atoms with E-state index in [0.717, 1.165) is 0 Å². The molecule has 3 nitrogen and oxygen atoms in total. The van der Waals surface area contributed by atoms with E-state index in [9.17, 15) is 9.59 Å². The van der Waals surface area contributed by atoms with Crippen LogP contribution in [0.15, 0.2) is 0 Å². The van der Waals surface area contributed by atoms with Gasteiger partial charge in [-0.2, -0.15) is 0 Å². The first kappa shape index (κ1) is 5.00. The van der Waals surface area contributed by atoms with Crippen molar-refractivity contribution in [2.45, 2.75) is 33.6 Å². The molecule has 1 N–H and O–H groups in total. The highest BCUT2D eigenvalue weighted by molar-refractivity contribution is 5.98. The van der Waals surface area contributed by atoms with Crippen molar-refractivity contribution in [3.05, 3.63) is 0 Å². The summed E-state index contributed by atoms with van der Waals surface area (Å²) in [5.41, 5.74) is -0.992. The fourth-order valence-corrected chi connectivity index (χ4v) is 1.03. The van der Waals surface area contributed by atoms with Gasteiger partial charge in [0.2, 0.25) is 11.8 Å². The lowest BCUT2D eigenvalue weighted by Gasteiger charge is -2.31. The zero-order chi connectivity index (χ0) is 12.9. The maximum atomic E-state index is 11.8. The van der Waals surface area contributed by atoms with Crippen LogP contribution in [0.3, 0.4) is 0 Å². The van der Waals surface area contributed by atoms with E-state index < -0.39 is 35.9 Å². The summed E-state index contributed by atoms with van der Waals surface area (Å²) in [4.78, 5) is 23.0. The van der Waals surface area contributed by atoms with Crippen molar-refractivity contribution in [3.8, 4) is 0 Å². The van der Waals surface area contributed by atoms with Gasteiger partial charge < -0.3 is 0 Å². The molecule has 3 heteroatoms. The predicted octanol–water partition coefficient (Wildman–Crippen LogP) is 1.09. The summed E-state index contributed by atoms with van der Waals surface area (Å²) in [5, 5.41) is 0.111.